The Balaban J connectivity index is 2.27. The first-order valence-electron chi connectivity index (χ1n) is 5.23. The summed E-state index contributed by atoms with van der Waals surface area (Å²) in [5, 5.41) is 3.36. The molecule has 2 rings (SSSR count). The van der Waals surface area contributed by atoms with Gasteiger partial charge in [0, 0.05) is 26.3 Å². The van der Waals surface area contributed by atoms with Crippen LogP contribution in [0.3, 0.4) is 0 Å². The van der Waals surface area contributed by atoms with Gasteiger partial charge in [-0.1, -0.05) is 18.2 Å². The Kier molecular flexibility index (Phi) is 3.36. The van der Waals surface area contributed by atoms with Gasteiger partial charge in [-0.3, -0.25) is 0 Å². The van der Waals surface area contributed by atoms with Crippen molar-refractivity contribution in [1.29, 1.82) is 0 Å². The van der Waals surface area contributed by atoms with Crippen LogP contribution in [0.1, 0.15) is 23.0 Å². The molecule has 82 valence electrons. The Morgan fingerprint density at radius 3 is 2.73 bits per heavy atom. The molecule has 0 aromatic heterocycles. The topological polar surface area (TPSA) is 30.5 Å². The molecule has 0 amide bonds. The van der Waals surface area contributed by atoms with E-state index < -0.39 is 0 Å². The van der Waals surface area contributed by atoms with Crippen molar-refractivity contribution in [2.45, 2.75) is 19.3 Å². The molecule has 1 aromatic rings. The van der Waals surface area contributed by atoms with E-state index in [-0.39, 0.29) is 6.29 Å². The molecule has 1 aromatic carbocycles. The van der Waals surface area contributed by atoms with E-state index in [1.807, 2.05) is 0 Å². The lowest BCUT2D eigenvalue weighted by Gasteiger charge is -2.20. The third-order valence-electron chi connectivity index (χ3n) is 2.82. The van der Waals surface area contributed by atoms with E-state index in [9.17, 15) is 0 Å². The van der Waals surface area contributed by atoms with Crippen LogP contribution in [-0.4, -0.2) is 20.8 Å². The van der Waals surface area contributed by atoms with E-state index in [1.165, 1.54) is 11.1 Å². The molecule has 0 saturated heterocycles. The highest BCUT2D eigenvalue weighted by molar-refractivity contribution is 5.34. The Bertz CT molecular complexity index is 334. The van der Waals surface area contributed by atoms with Crippen molar-refractivity contribution < 1.29 is 9.47 Å². The summed E-state index contributed by atoms with van der Waals surface area (Å²) in [5.41, 5.74) is 3.89. The van der Waals surface area contributed by atoms with Crippen LogP contribution in [0, 0.1) is 0 Å². The molecule has 1 N–H and O–H groups in total. The van der Waals surface area contributed by atoms with Gasteiger partial charge < -0.3 is 14.8 Å². The maximum absolute atomic E-state index is 5.24. The number of nitrogens with one attached hydrogen (secondary N) is 1. The quantitative estimate of drug-likeness (QED) is 0.764. The number of methoxy groups -OCH3 is 2. The Morgan fingerprint density at radius 2 is 2.00 bits per heavy atom. The van der Waals surface area contributed by atoms with E-state index >= 15 is 0 Å². The van der Waals surface area contributed by atoms with Crippen LogP contribution in [0.4, 0.5) is 0 Å². The van der Waals surface area contributed by atoms with Crippen LogP contribution in [0.5, 0.6) is 0 Å². The third kappa shape index (κ3) is 2.20. The number of hydrogen-bond donors (Lipinski definition) is 1. The van der Waals surface area contributed by atoms with Crippen LogP contribution >= 0.6 is 0 Å². The van der Waals surface area contributed by atoms with Gasteiger partial charge in [0.15, 0.2) is 6.29 Å². The fourth-order valence-electron chi connectivity index (χ4n) is 2.01. The van der Waals surface area contributed by atoms with Gasteiger partial charge in [-0.25, -0.2) is 0 Å². The van der Waals surface area contributed by atoms with Gasteiger partial charge in [-0.05, 0) is 24.1 Å². The summed E-state index contributed by atoms with van der Waals surface area (Å²) in [6.07, 6.45) is 0.841. The van der Waals surface area contributed by atoms with Crippen molar-refractivity contribution in [3.8, 4) is 0 Å². The van der Waals surface area contributed by atoms with E-state index in [0.717, 1.165) is 25.1 Å². The van der Waals surface area contributed by atoms with Crippen molar-refractivity contribution in [1.82, 2.24) is 5.32 Å². The summed E-state index contributed by atoms with van der Waals surface area (Å²) >= 11 is 0. The monoisotopic (exact) mass is 207 g/mol. The molecule has 1 heterocycles. The lowest BCUT2D eigenvalue weighted by molar-refractivity contribution is -0.106. The molecule has 0 fully saturated rings. The van der Waals surface area contributed by atoms with E-state index in [2.05, 4.69) is 23.5 Å². The first-order chi connectivity index (χ1) is 7.35. The molecule has 0 spiro atoms. The lowest BCUT2D eigenvalue weighted by atomic mass is 9.98. The smallest absolute Gasteiger partial charge is 0.183 e. The molecule has 0 bridgehead atoms. The fraction of sp³-hybridized carbons (Fsp3) is 0.500. The second kappa shape index (κ2) is 4.75. The van der Waals surface area contributed by atoms with Crippen molar-refractivity contribution in [3.63, 3.8) is 0 Å². The zero-order valence-corrected chi connectivity index (χ0v) is 9.25. The third-order valence-corrected chi connectivity index (χ3v) is 2.82. The number of benzene rings is 1. The standard InChI is InChI=1S/C12H17NO2/c1-14-12(15-2)10-3-4-11-8-13-6-5-9(11)7-10/h3-4,7,12-13H,5-6,8H2,1-2H3. The highest BCUT2D eigenvalue weighted by Crippen LogP contribution is 2.22. The summed E-state index contributed by atoms with van der Waals surface area (Å²) < 4.78 is 10.5. The van der Waals surface area contributed by atoms with Gasteiger partial charge in [-0.15, -0.1) is 0 Å². The summed E-state index contributed by atoms with van der Waals surface area (Å²) in [5.74, 6) is 0. The number of ether oxygens (including phenoxy) is 2. The van der Waals surface area contributed by atoms with Crippen LogP contribution < -0.4 is 5.32 Å². The van der Waals surface area contributed by atoms with Gasteiger partial charge in [0.1, 0.15) is 0 Å². The summed E-state index contributed by atoms with van der Waals surface area (Å²) in [6, 6.07) is 6.42. The second-order valence-electron chi connectivity index (χ2n) is 3.76. The van der Waals surface area contributed by atoms with E-state index in [0.29, 0.717) is 0 Å². The van der Waals surface area contributed by atoms with E-state index in [1.54, 1.807) is 14.2 Å². The van der Waals surface area contributed by atoms with Gasteiger partial charge in [0.25, 0.3) is 0 Å². The molecule has 3 heteroatoms. The lowest BCUT2D eigenvalue weighted by Crippen LogP contribution is -2.23. The molecule has 1 aliphatic heterocycles. The van der Waals surface area contributed by atoms with E-state index in [4.69, 9.17) is 9.47 Å². The maximum atomic E-state index is 5.24. The van der Waals surface area contributed by atoms with Crippen molar-refractivity contribution in [2.24, 2.45) is 0 Å². The summed E-state index contributed by atoms with van der Waals surface area (Å²) in [6.45, 7) is 2.03. The predicted molar refractivity (Wildman–Crippen MR) is 58.6 cm³/mol. The Hall–Kier alpha value is -0.900. The molecule has 0 unspecified atom stereocenters. The molecule has 0 saturated carbocycles. The normalized spacial score (nSPS) is 15.4. The minimum atomic E-state index is -0.245. The van der Waals surface area contributed by atoms with Crippen LogP contribution in [-0.2, 0) is 22.4 Å². The SMILES string of the molecule is COC(OC)c1ccc2c(c1)CCNC2. The highest BCUT2D eigenvalue weighted by atomic mass is 16.7. The van der Waals surface area contributed by atoms with Crippen molar-refractivity contribution >= 4 is 0 Å². The zero-order valence-electron chi connectivity index (χ0n) is 9.25. The predicted octanol–water partition coefficient (Wildman–Crippen LogP) is 1.62. The maximum Gasteiger partial charge on any atom is 0.183 e. The second-order valence-corrected chi connectivity index (χ2v) is 3.76. The average Bonchev–Trinajstić information content (AvgIpc) is 2.30. The minimum Gasteiger partial charge on any atom is -0.352 e. The average molecular weight is 207 g/mol. The molecule has 0 aliphatic carbocycles. The Morgan fingerprint density at radius 1 is 1.20 bits per heavy atom. The van der Waals surface area contributed by atoms with Crippen molar-refractivity contribution in [2.75, 3.05) is 20.8 Å². The molecule has 0 atom stereocenters. The Labute approximate surface area is 90.4 Å². The van der Waals surface area contributed by atoms with Crippen molar-refractivity contribution in [3.05, 3.63) is 34.9 Å². The van der Waals surface area contributed by atoms with Crippen LogP contribution in [0.15, 0.2) is 18.2 Å². The summed E-state index contributed by atoms with van der Waals surface area (Å²) in [7, 11) is 3.32. The van der Waals surface area contributed by atoms with Crippen LogP contribution in [0.25, 0.3) is 0 Å². The fourth-order valence-corrected chi connectivity index (χ4v) is 2.01. The van der Waals surface area contributed by atoms with Gasteiger partial charge in [0.05, 0.1) is 0 Å². The number of fused-ring (bicyclic) bond motifs is 1. The van der Waals surface area contributed by atoms with Gasteiger partial charge >= 0.3 is 0 Å². The largest absolute Gasteiger partial charge is 0.352 e. The first kappa shape index (κ1) is 10.6. The number of rotatable bonds is 3. The molecular weight excluding hydrogens is 190 g/mol. The zero-order chi connectivity index (χ0) is 10.7. The first-order valence-corrected chi connectivity index (χ1v) is 5.23. The molecule has 3 nitrogen and oxygen atoms in total. The molecular formula is C12H17NO2. The molecule has 15 heavy (non-hydrogen) atoms. The van der Waals surface area contributed by atoms with Gasteiger partial charge in [-0.2, -0.15) is 0 Å². The minimum absolute atomic E-state index is 0.245. The molecule has 0 radical (unpaired) electrons. The molecule has 1 aliphatic rings. The highest BCUT2D eigenvalue weighted by Gasteiger charge is 2.13. The van der Waals surface area contributed by atoms with Crippen LogP contribution in [0.2, 0.25) is 0 Å². The van der Waals surface area contributed by atoms with Gasteiger partial charge in [0.2, 0.25) is 0 Å². The summed E-state index contributed by atoms with van der Waals surface area (Å²) in [4.78, 5) is 0. The number of hydrogen-bond acceptors (Lipinski definition) is 3.